The standard InChI is InChI=1S/C24H20N4O/c29-23(26-20-14-8-3-9-15-20)17-25-24-27-21(18-10-4-1-5-11-18)16-22(28-24)19-12-6-2-7-13-19/h1-16H,17H2,(H,26,29)(H,25,27,28). The lowest BCUT2D eigenvalue weighted by molar-refractivity contribution is -0.114. The molecular formula is C24H20N4O. The molecule has 0 aliphatic carbocycles. The lowest BCUT2D eigenvalue weighted by atomic mass is 10.1. The molecule has 0 aliphatic heterocycles. The summed E-state index contributed by atoms with van der Waals surface area (Å²) in [5.41, 5.74) is 4.33. The Morgan fingerprint density at radius 1 is 0.690 bits per heavy atom. The second-order valence-corrected chi connectivity index (χ2v) is 6.46. The molecule has 5 heteroatoms. The lowest BCUT2D eigenvalue weighted by Gasteiger charge is -2.11. The van der Waals surface area contributed by atoms with Gasteiger partial charge in [-0.3, -0.25) is 4.79 Å². The van der Waals surface area contributed by atoms with Crippen LogP contribution < -0.4 is 10.6 Å². The number of hydrogen-bond donors (Lipinski definition) is 2. The van der Waals surface area contributed by atoms with E-state index in [4.69, 9.17) is 0 Å². The summed E-state index contributed by atoms with van der Waals surface area (Å²) in [7, 11) is 0. The SMILES string of the molecule is O=C(CNc1nc(-c2ccccc2)cc(-c2ccccc2)n1)Nc1ccccc1. The molecule has 5 nitrogen and oxygen atoms in total. The van der Waals surface area contributed by atoms with Crippen LogP contribution in [0, 0.1) is 0 Å². The summed E-state index contributed by atoms with van der Waals surface area (Å²) in [5, 5.41) is 5.90. The van der Waals surface area contributed by atoms with E-state index in [1.807, 2.05) is 97.1 Å². The molecule has 0 aliphatic rings. The van der Waals surface area contributed by atoms with Crippen molar-refractivity contribution in [3.63, 3.8) is 0 Å². The van der Waals surface area contributed by atoms with Gasteiger partial charge in [0.05, 0.1) is 17.9 Å². The van der Waals surface area contributed by atoms with E-state index in [0.29, 0.717) is 5.95 Å². The summed E-state index contributed by atoms with van der Waals surface area (Å²) >= 11 is 0. The van der Waals surface area contributed by atoms with E-state index in [0.717, 1.165) is 28.2 Å². The fraction of sp³-hybridized carbons (Fsp3) is 0.0417. The van der Waals surface area contributed by atoms with Crippen LogP contribution in [0.5, 0.6) is 0 Å². The molecule has 2 N–H and O–H groups in total. The van der Waals surface area contributed by atoms with E-state index in [2.05, 4.69) is 20.6 Å². The van der Waals surface area contributed by atoms with Gasteiger partial charge in [0, 0.05) is 16.8 Å². The van der Waals surface area contributed by atoms with Crippen molar-refractivity contribution in [2.45, 2.75) is 0 Å². The molecule has 1 heterocycles. The Bertz CT molecular complexity index is 1030. The van der Waals surface area contributed by atoms with Gasteiger partial charge < -0.3 is 10.6 Å². The van der Waals surface area contributed by atoms with Crippen molar-refractivity contribution in [1.82, 2.24) is 9.97 Å². The maximum atomic E-state index is 12.3. The third-order valence-corrected chi connectivity index (χ3v) is 4.33. The van der Waals surface area contributed by atoms with Gasteiger partial charge in [-0.1, -0.05) is 78.9 Å². The molecule has 0 fully saturated rings. The molecular weight excluding hydrogens is 360 g/mol. The summed E-state index contributed by atoms with van der Waals surface area (Å²) in [6.07, 6.45) is 0. The minimum atomic E-state index is -0.161. The molecule has 0 unspecified atom stereocenters. The molecule has 0 bridgehead atoms. The van der Waals surface area contributed by atoms with E-state index in [1.165, 1.54) is 0 Å². The smallest absolute Gasteiger partial charge is 0.243 e. The van der Waals surface area contributed by atoms with Gasteiger partial charge in [0.15, 0.2) is 0 Å². The molecule has 1 amide bonds. The highest BCUT2D eigenvalue weighted by Gasteiger charge is 2.10. The van der Waals surface area contributed by atoms with Crippen LogP contribution in [-0.2, 0) is 4.79 Å². The van der Waals surface area contributed by atoms with Crippen LogP contribution in [0.2, 0.25) is 0 Å². The zero-order valence-electron chi connectivity index (χ0n) is 15.7. The quantitative estimate of drug-likeness (QED) is 0.501. The molecule has 0 radical (unpaired) electrons. The number of carbonyl (C=O) groups is 1. The van der Waals surface area contributed by atoms with Crippen molar-refractivity contribution < 1.29 is 4.79 Å². The van der Waals surface area contributed by atoms with Crippen LogP contribution in [0.4, 0.5) is 11.6 Å². The predicted octanol–water partition coefficient (Wildman–Crippen LogP) is 4.86. The van der Waals surface area contributed by atoms with Crippen LogP contribution in [0.3, 0.4) is 0 Å². The Balaban J connectivity index is 1.58. The summed E-state index contributed by atoms with van der Waals surface area (Å²) in [5.74, 6) is 0.250. The van der Waals surface area contributed by atoms with E-state index in [1.54, 1.807) is 0 Å². The van der Waals surface area contributed by atoms with Gasteiger partial charge in [-0.15, -0.1) is 0 Å². The van der Waals surface area contributed by atoms with E-state index in [-0.39, 0.29) is 12.5 Å². The summed E-state index contributed by atoms with van der Waals surface area (Å²) in [4.78, 5) is 21.5. The minimum Gasteiger partial charge on any atom is -0.345 e. The van der Waals surface area contributed by atoms with Gasteiger partial charge in [-0.2, -0.15) is 0 Å². The van der Waals surface area contributed by atoms with Gasteiger partial charge in [0.25, 0.3) is 0 Å². The van der Waals surface area contributed by atoms with Gasteiger partial charge in [0.1, 0.15) is 0 Å². The maximum absolute atomic E-state index is 12.3. The number of rotatable bonds is 6. The Kier molecular flexibility index (Phi) is 5.58. The number of carbonyl (C=O) groups excluding carboxylic acids is 1. The Morgan fingerprint density at radius 2 is 1.17 bits per heavy atom. The topological polar surface area (TPSA) is 66.9 Å². The van der Waals surface area contributed by atoms with Crippen LogP contribution in [0.25, 0.3) is 22.5 Å². The second kappa shape index (κ2) is 8.80. The van der Waals surface area contributed by atoms with Crippen molar-refractivity contribution >= 4 is 17.5 Å². The number of nitrogens with zero attached hydrogens (tertiary/aromatic N) is 2. The average Bonchev–Trinajstić information content (AvgIpc) is 2.79. The molecule has 142 valence electrons. The number of amides is 1. The number of hydrogen-bond acceptors (Lipinski definition) is 4. The van der Waals surface area contributed by atoms with Crippen LogP contribution >= 0.6 is 0 Å². The molecule has 4 aromatic rings. The van der Waals surface area contributed by atoms with Gasteiger partial charge >= 0.3 is 0 Å². The molecule has 1 aromatic heterocycles. The van der Waals surface area contributed by atoms with Crippen molar-refractivity contribution in [3.8, 4) is 22.5 Å². The highest BCUT2D eigenvalue weighted by Crippen LogP contribution is 2.25. The van der Waals surface area contributed by atoms with Gasteiger partial charge in [-0.05, 0) is 18.2 Å². The van der Waals surface area contributed by atoms with Crippen LogP contribution in [0.1, 0.15) is 0 Å². The first-order chi connectivity index (χ1) is 14.3. The highest BCUT2D eigenvalue weighted by molar-refractivity contribution is 5.93. The summed E-state index contributed by atoms with van der Waals surface area (Å²) in [6, 6.07) is 31.1. The zero-order valence-corrected chi connectivity index (χ0v) is 15.7. The highest BCUT2D eigenvalue weighted by atomic mass is 16.1. The minimum absolute atomic E-state index is 0.0708. The van der Waals surface area contributed by atoms with Gasteiger partial charge in [-0.25, -0.2) is 9.97 Å². The fourth-order valence-corrected chi connectivity index (χ4v) is 2.93. The number of anilines is 2. The normalized spacial score (nSPS) is 10.3. The molecule has 0 saturated heterocycles. The largest absolute Gasteiger partial charge is 0.345 e. The molecule has 29 heavy (non-hydrogen) atoms. The number of benzene rings is 3. The van der Waals surface area contributed by atoms with Crippen molar-refractivity contribution in [2.75, 3.05) is 17.2 Å². The van der Waals surface area contributed by atoms with Crippen molar-refractivity contribution in [1.29, 1.82) is 0 Å². The molecule has 4 rings (SSSR count). The first kappa shape index (κ1) is 18.4. The third-order valence-electron chi connectivity index (χ3n) is 4.33. The third kappa shape index (κ3) is 4.84. The Hall–Kier alpha value is -3.99. The van der Waals surface area contributed by atoms with Crippen LogP contribution in [-0.4, -0.2) is 22.4 Å². The molecule has 0 saturated carbocycles. The van der Waals surface area contributed by atoms with Crippen LogP contribution in [0.15, 0.2) is 97.1 Å². The Morgan fingerprint density at radius 3 is 1.69 bits per heavy atom. The summed E-state index contributed by atoms with van der Waals surface area (Å²) < 4.78 is 0. The number of nitrogens with one attached hydrogen (secondary N) is 2. The monoisotopic (exact) mass is 380 g/mol. The first-order valence-corrected chi connectivity index (χ1v) is 9.37. The first-order valence-electron chi connectivity index (χ1n) is 9.37. The average molecular weight is 380 g/mol. The van der Waals surface area contributed by atoms with Gasteiger partial charge in [0.2, 0.25) is 11.9 Å². The number of para-hydroxylation sites is 1. The van der Waals surface area contributed by atoms with E-state index < -0.39 is 0 Å². The molecule has 0 spiro atoms. The lowest BCUT2D eigenvalue weighted by Crippen LogP contribution is -2.22. The second-order valence-electron chi connectivity index (χ2n) is 6.46. The Labute approximate surface area is 169 Å². The van der Waals surface area contributed by atoms with E-state index in [9.17, 15) is 4.79 Å². The predicted molar refractivity (Wildman–Crippen MR) is 116 cm³/mol. The molecule has 3 aromatic carbocycles. The number of aromatic nitrogens is 2. The zero-order chi connectivity index (χ0) is 19.9. The molecule has 0 atom stereocenters. The van der Waals surface area contributed by atoms with Crippen molar-refractivity contribution in [3.05, 3.63) is 97.1 Å². The summed E-state index contributed by atoms with van der Waals surface area (Å²) in [6.45, 7) is 0.0708. The van der Waals surface area contributed by atoms with Crippen molar-refractivity contribution in [2.24, 2.45) is 0 Å². The fourth-order valence-electron chi connectivity index (χ4n) is 2.93. The van der Waals surface area contributed by atoms with E-state index >= 15 is 0 Å². The maximum Gasteiger partial charge on any atom is 0.243 e.